The topological polar surface area (TPSA) is 873 Å². The number of rotatable bonds is 15. The first-order chi connectivity index (χ1) is 64.2. The molecule has 10 aromatic heterocycles. The van der Waals surface area contributed by atoms with Gasteiger partial charge in [-0.1, -0.05) is 11.7 Å². The number of fused-ring (bicyclic) bond motifs is 3. The minimum absolute atomic E-state index is 0.0615. The molecule has 0 amide bonds. The van der Waals surface area contributed by atoms with Crippen molar-refractivity contribution in [2.75, 3.05) is 69.2 Å². The number of halogens is 7. The van der Waals surface area contributed by atoms with Gasteiger partial charge in [0.05, 0.1) is 82.8 Å². The van der Waals surface area contributed by atoms with Crippen LogP contribution in [0.1, 0.15) is 62.6 Å². The third kappa shape index (κ3) is 18.7. The second-order valence-electron chi connectivity index (χ2n) is 31.4. The number of alkyl halides is 6. The number of azide groups is 1. The first-order valence-corrected chi connectivity index (χ1v) is 40.2. The molecule has 6 aliphatic heterocycles. The Bertz CT molecular complexity index is 6460. The lowest BCUT2D eigenvalue weighted by Gasteiger charge is -2.33. The van der Waals surface area contributed by atoms with Gasteiger partial charge in [0.15, 0.2) is 65.8 Å². The van der Waals surface area contributed by atoms with E-state index in [1.165, 1.54) is 68.8 Å². The van der Waals surface area contributed by atoms with Crippen LogP contribution < -0.4 is 62.4 Å². The van der Waals surface area contributed by atoms with E-state index in [4.69, 9.17) is 88.9 Å². The maximum Gasteiger partial charge on any atom is 0.351 e. The first kappa shape index (κ1) is 102. The summed E-state index contributed by atoms with van der Waals surface area (Å²) in [5.74, 6) is -7.82. The fourth-order valence-electron chi connectivity index (χ4n) is 15.8. The van der Waals surface area contributed by atoms with Crippen LogP contribution in [0.25, 0.3) is 38.3 Å². The van der Waals surface area contributed by atoms with Gasteiger partial charge >= 0.3 is 34.6 Å². The number of nitrogens with one attached hydrogen (secondary N) is 3. The van der Waals surface area contributed by atoms with E-state index in [-0.39, 0.29) is 58.6 Å². The molecule has 0 radical (unpaired) electrons. The standard InChI is InChI=1S/C13H15N5O4.C12H14FN5O2.C11H14N2O5.C10H11ClFN5O3.C9H11F2N3O4.C9H10F2N2O5.C9H11N5O6/c1-12(21)10(20)8(4-19)22-13(12,5-14)9-3-2-7-11(15)16-6-17-18(7)9;1-5-6(2-19)10(20)7(13)9(5)18-4-17-8-11(14)15-3-16-12(8)18;14-5-6-8(16)11(2-3-11)9(18-6)13-4-1-7(15)12-10(13)17;11-10-15-7(13)5-8(16-10)17(2-14-5)9-4(12)6(19)3(1-18)20-9;10-9(11)6(16)4(3-15)18-7(9)14-2-1-5(12)13-8(14)17;10-9(11)6(16)4(3-14)18-7(9)13-2-1-5(15)12-8(13)17;10-13-12-9(3-15)6(18)5(17)7(20-9)14-2-1-4(16)11-8(14)19/h2-3,6,8,10,19-21H,4H2,1H3,(H2,15,16,17);3-4,6-7,9-10,19-20H,1-2H2,(H2,14,15,16);1,4,6,8-9,14,16H,2-3,5H2,(H,12,15,17);2-4,6,9,18-19H,1H2,(H2,13,15,16);1-2,4,6-7,15-16H,3H2,(H2,12,13,17);1-2,4,6-7,14,16H,3H2,(H,12,15,17);1-2,5-7,15,17-18H,3H2,(H,11,16,19)/t8-,10+,12?,13+;6-,7?,9+,10-;6-,8+,9-;3-,4?,6+,9-;2*4-,6+,7-;5?,6-,7-,9-/m1011111/s1. The molecular weight excluding hydrogens is 1870 g/mol. The molecular formula is C73H86ClF6N27O29. The van der Waals surface area contributed by atoms with E-state index in [9.17, 15) is 126 Å². The molecule has 16 heterocycles. The Labute approximate surface area is 755 Å². The highest BCUT2D eigenvalue weighted by Crippen LogP contribution is 2.62. The number of aliphatic hydroxyl groups excluding tert-OH is 15. The van der Waals surface area contributed by atoms with E-state index in [1.54, 1.807) is 11.1 Å². The van der Waals surface area contributed by atoms with E-state index in [0.29, 0.717) is 31.4 Å². The molecule has 27 N–H and O–H groups in total. The molecule has 0 bridgehead atoms. The Morgan fingerprint density at radius 2 is 1.07 bits per heavy atom. The molecule has 2 saturated carbocycles. The molecule has 6 saturated heterocycles. The van der Waals surface area contributed by atoms with Crippen LogP contribution in [-0.4, -0.2) is 335 Å². The van der Waals surface area contributed by atoms with Gasteiger partial charge in [-0.3, -0.25) is 52.2 Å². The number of hydrogen-bond donors (Lipinski definition) is 23. The van der Waals surface area contributed by atoms with Crippen molar-refractivity contribution in [3.05, 3.63) is 193 Å². The predicted molar refractivity (Wildman–Crippen MR) is 440 cm³/mol. The van der Waals surface area contributed by atoms with Crippen LogP contribution >= 0.6 is 11.6 Å². The number of anilines is 4. The summed E-state index contributed by atoms with van der Waals surface area (Å²) in [6.45, 7) is 0.876. The van der Waals surface area contributed by atoms with Crippen LogP contribution in [0.2, 0.25) is 5.28 Å². The molecule has 736 valence electrons. The summed E-state index contributed by atoms with van der Waals surface area (Å²) in [6.07, 6.45) is -18.3. The van der Waals surface area contributed by atoms with Crippen molar-refractivity contribution < 1.29 is 136 Å². The predicted octanol–water partition coefficient (Wildman–Crippen LogP) is -8.50. The van der Waals surface area contributed by atoms with Gasteiger partial charge in [-0.15, -0.1) is 0 Å². The van der Waals surface area contributed by atoms with Crippen molar-refractivity contribution in [1.82, 2.24) is 91.8 Å². The molecule has 56 nitrogen and oxygen atoms in total. The van der Waals surface area contributed by atoms with Crippen molar-refractivity contribution in [3.8, 4) is 6.07 Å². The van der Waals surface area contributed by atoms with Gasteiger partial charge in [-0.05, 0) is 60.7 Å². The van der Waals surface area contributed by atoms with Crippen molar-refractivity contribution in [1.29, 1.82) is 5.26 Å². The van der Waals surface area contributed by atoms with Crippen molar-refractivity contribution in [3.63, 3.8) is 0 Å². The molecule has 8 aliphatic rings. The number of aliphatic hydroxyl groups is 16. The Hall–Kier alpha value is -12.6. The first-order valence-electron chi connectivity index (χ1n) is 39.8. The number of imidazole rings is 2. The number of aromatic amines is 3. The van der Waals surface area contributed by atoms with Crippen molar-refractivity contribution in [2.45, 2.75) is 177 Å². The van der Waals surface area contributed by atoms with E-state index in [0.717, 1.165) is 54.2 Å². The number of aromatic nitrogens is 19. The third-order valence-corrected chi connectivity index (χ3v) is 23.4. The van der Waals surface area contributed by atoms with Crippen molar-refractivity contribution in [2.24, 2.45) is 16.4 Å². The molecule has 136 heavy (non-hydrogen) atoms. The van der Waals surface area contributed by atoms with E-state index >= 15 is 0 Å². The van der Waals surface area contributed by atoms with Gasteiger partial charge in [0.1, 0.15) is 108 Å². The normalized spacial score (nSPS) is 31.8. The van der Waals surface area contributed by atoms with Crippen LogP contribution in [0.3, 0.4) is 0 Å². The van der Waals surface area contributed by atoms with Crippen LogP contribution in [0.4, 0.5) is 49.6 Å². The molecule has 63 heteroatoms. The summed E-state index contributed by atoms with van der Waals surface area (Å²) in [7, 11) is 0. The van der Waals surface area contributed by atoms with Gasteiger partial charge in [-0.2, -0.15) is 42.9 Å². The highest BCUT2D eigenvalue weighted by Gasteiger charge is 2.67. The fourth-order valence-corrected chi connectivity index (χ4v) is 16.0. The molecule has 1 spiro atoms. The Morgan fingerprint density at radius 1 is 0.559 bits per heavy atom. The SMILES string of the molecule is C=C1[C@@H](n2cnc3c(N)ncnc32)C(F)[C@@H](O)[C@H]1CO.CC1(O)[C@@H](O)[C@@H](CO)O[C@@]1(C#N)c1ccc2c(N)ncnn12.Nc1ccn([C@@H]2O[C@H](CO)[C@H](O)C2(F)F)c(=O)n1.Nc1nc(Cl)nc2c1ncn2[C@@H]1O[C@H](CO)[C@H](O)C1F.O=c1ccn([C@@H]2O[C@H](CO)[C@H](O)C2(F)F)c(=O)[nH]1.O=c1ccn([C@@H]2O[C@H](CO)[C@H](O)C23CC3)c(=O)[nH]1.[N-]=[N+]=N[C@]1(CO)O[C@@H](n2ccc(=O)[nH]c2=O)C(O)[C@H]1O. The van der Waals surface area contributed by atoms with Gasteiger partial charge in [0.25, 0.3) is 16.7 Å². The summed E-state index contributed by atoms with van der Waals surface area (Å²) in [6, 6.07) is 8.46. The van der Waals surface area contributed by atoms with Gasteiger partial charge in [0, 0.05) is 59.2 Å². The lowest BCUT2D eigenvalue weighted by atomic mass is 9.80. The smallest absolute Gasteiger partial charge is 0.351 e. The number of nitrogens with zero attached hydrogens (tertiary/aromatic N) is 20. The second-order valence-corrected chi connectivity index (χ2v) is 31.7. The van der Waals surface area contributed by atoms with Crippen molar-refractivity contribution >= 4 is 62.7 Å². The maximum atomic E-state index is 14.3. The van der Waals surface area contributed by atoms with E-state index in [1.807, 2.05) is 11.1 Å². The van der Waals surface area contributed by atoms with Gasteiger partial charge in [-0.25, -0.2) is 57.4 Å². The minimum Gasteiger partial charge on any atom is -0.396 e. The van der Waals surface area contributed by atoms with E-state index < -0.39 is 241 Å². The summed E-state index contributed by atoms with van der Waals surface area (Å²) in [4.78, 5) is 118. The zero-order chi connectivity index (χ0) is 99.8. The number of H-pyrrole nitrogens is 3. The molecule has 8 fully saturated rings. The number of nitrogen functional groups attached to an aromatic ring is 4. The average molecular weight is 1960 g/mol. The molecule has 25 atom stereocenters. The largest absolute Gasteiger partial charge is 0.396 e. The van der Waals surface area contributed by atoms with Gasteiger partial charge < -0.3 is 138 Å². The average Bonchev–Trinajstić information content (AvgIpc) is 1.55. The highest BCUT2D eigenvalue weighted by molar-refractivity contribution is 6.28. The maximum absolute atomic E-state index is 14.3. The summed E-state index contributed by atoms with van der Waals surface area (Å²) in [5, 5.41) is 169. The van der Waals surface area contributed by atoms with Crippen LogP contribution in [0, 0.1) is 22.7 Å². The number of nitrogens with two attached hydrogens (primary N) is 4. The number of hydrogen-bond acceptors (Lipinski definition) is 44. The summed E-state index contributed by atoms with van der Waals surface area (Å²) < 4.78 is 121. The lowest BCUT2D eigenvalue weighted by molar-refractivity contribution is -0.141. The molecule has 2 aliphatic carbocycles. The molecule has 10 aromatic rings. The summed E-state index contributed by atoms with van der Waals surface area (Å²) >= 11 is 5.71. The number of nitriles is 1. The van der Waals surface area contributed by atoms with Crippen LogP contribution in [-0.2, 0) is 34.0 Å². The van der Waals surface area contributed by atoms with Crippen LogP contribution in [0.15, 0.2) is 137 Å². The fraction of sp³-hybridized carbons (Fsp3) is 0.521. The summed E-state index contributed by atoms with van der Waals surface area (Å²) in [5.41, 5.74) is 21.1. The third-order valence-electron chi connectivity index (χ3n) is 23.2. The zero-order valence-electron chi connectivity index (χ0n) is 69.7. The quantitative estimate of drug-likeness (QED) is 0.0113. The zero-order valence-corrected chi connectivity index (χ0v) is 70.5. The monoisotopic (exact) mass is 1950 g/mol. The molecule has 0 aromatic carbocycles. The van der Waals surface area contributed by atoms with Gasteiger partial charge in [0.2, 0.25) is 29.1 Å². The Balaban J connectivity index is 0.000000143. The second kappa shape index (κ2) is 40.3. The van der Waals surface area contributed by atoms with Crippen LogP contribution in [0.5, 0.6) is 0 Å². The Morgan fingerprint density at radius 3 is 1.57 bits per heavy atom. The number of ether oxygens (including phenoxy) is 6. The lowest BCUT2D eigenvalue weighted by Crippen LogP contribution is -2.52. The molecule has 4 unspecified atom stereocenters. The Kier molecular flexibility index (Phi) is 30.4. The highest BCUT2D eigenvalue weighted by atomic mass is 35.5. The molecule has 18 rings (SSSR count). The van der Waals surface area contributed by atoms with E-state index in [2.05, 4.69) is 66.6 Å². The minimum atomic E-state index is -3.75.